The number of para-hydroxylation sites is 1. The fourth-order valence-electron chi connectivity index (χ4n) is 2.97. The Morgan fingerprint density at radius 2 is 2.12 bits per heavy atom. The lowest BCUT2D eigenvalue weighted by molar-refractivity contribution is 0.165. The zero-order valence-corrected chi connectivity index (χ0v) is 10.3. The zero-order chi connectivity index (χ0) is 11.7. The molecule has 2 aliphatic rings. The van der Waals surface area contributed by atoms with Gasteiger partial charge in [0.05, 0.1) is 19.4 Å². The lowest BCUT2D eigenvalue weighted by Crippen LogP contribution is -2.30. The third kappa shape index (κ3) is 1.84. The molecular weight excluding hydrogens is 214 g/mol. The van der Waals surface area contributed by atoms with Crippen LogP contribution in [0, 0.1) is 5.41 Å². The number of nitrogens with one attached hydrogen (secondary N) is 1. The van der Waals surface area contributed by atoms with Gasteiger partial charge in [0.2, 0.25) is 0 Å². The smallest absolute Gasteiger partial charge is 0.184 e. The Balaban J connectivity index is 1.89. The molecule has 1 fully saturated rings. The van der Waals surface area contributed by atoms with Crippen molar-refractivity contribution >= 4 is 5.69 Å². The first-order chi connectivity index (χ1) is 8.33. The maximum absolute atomic E-state index is 6.02. The monoisotopic (exact) mass is 233 g/mol. The molecule has 1 saturated carbocycles. The molecule has 0 atom stereocenters. The Morgan fingerprint density at radius 1 is 1.29 bits per heavy atom. The summed E-state index contributed by atoms with van der Waals surface area (Å²) in [7, 11) is 1.69. The molecule has 0 amide bonds. The van der Waals surface area contributed by atoms with E-state index in [1.807, 2.05) is 12.1 Å². The molecule has 1 aliphatic carbocycles. The van der Waals surface area contributed by atoms with Gasteiger partial charge in [-0.1, -0.05) is 18.9 Å². The molecule has 1 aliphatic heterocycles. The van der Waals surface area contributed by atoms with Crippen LogP contribution in [0.15, 0.2) is 18.2 Å². The summed E-state index contributed by atoms with van der Waals surface area (Å²) in [6, 6.07) is 6.01. The van der Waals surface area contributed by atoms with Gasteiger partial charge in [-0.15, -0.1) is 0 Å². The summed E-state index contributed by atoms with van der Waals surface area (Å²) < 4.78 is 11.4. The van der Waals surface area contributed by atoms with E-state index in [1.165, 1.54) is 25.7 Å². The molecule has 3 rings (SSSR count). The lowest BCUT2D eigenvalue weighted by atomic mass is 9.87. The quantitative estimate of drug-likeness (QED) is 0.808. The predicted molar refractivity (Wildman–Crippen MR) is 67.9 cm³/mol. The van der Waals surface area contributed by atoms with Crippen LogP contribution in [-0.4, -0.2) is 20.3 Å². The SMILES string of the molecule is COc1cccc2c1OCC1(CCCC1)CN2. The van der Waals surface area contributed by atoms with Gasteiger partial charge in [0.1, 0.15) is 0 Å². The summed E-state index contributed by atoms with van der Waals surface area (Å²) in [6.45, 7) is 1.83. The van der Waals surface area contributed by atoms with Gasteiger partial charge in [-0.05, 0) is 25.0 Å². The van der Waals surface area contributed by atoms with Crippen LogP contribution in [0.4, 0.5) is 5.69 Å². The number of benzene rings is 1. The summed E-state index contributed by atoms with van der Waals surface area (Å²) >= 11 is 0. The van der Waals surface area contributed by atoms with Crippen molar-refractivity contribution in [3.05, 3.63) is 18.2 Å². The van der Waals surface area contributed by atoms with Gasteiger partial charge < -0.3 is 14.8 Å². The molecule has 3 nitrogen and oxygen atoms in total. The fraction of sp³-hybridized carbons (Fsp3) is 0.571. The summed E-state index contributed by atoms with van der Waals surface area (Å²) in [4.78, 5) is 0. The van der Waals surface area contributed by atoms with Gasteiger partial charge in [-0.2, -0.15) is 0 Å². The molecule has 1 heterocycles. The van der Waals surface area contributed by atoms with E-state index in [2.05, 4.69) is 11.4 Å². The van der Waals surface area contributed by atoms with E-state index in [0.29, 0.717) is 5.41 Å². The van der Waals surface area contributed by atoms with Crippen molar-refractivity contribution in [2.24, 2.45) is 5.41 Å². The van der Waals surface area contributed by atoms with E-state index in [0.717, 1.165) is 30.3 Å². The van der Waals surface area contributed by atoms with Crippen LogP contribution in [-0.2, 0) is 0 Å². The largest absolute Gasteiger partial charge is 0.493 e. The third-order valence-corrected chi connectivity index (χ3v) is 4.04. The molecule has 0 saturated heterocycles. The average Bonchev–Trinajstić information content (AvgIpc) is 2.74. The van der Waals surface area contributed by atoms with Gasteiger partial charge >= 0.3 is 0 Å². The molecule has 0 unspecified atom stereocenters. The number of methoxy groups -OCH3 is 1. The minimum absolute atomic E-state index is 0.337. The molecule has 1 N–H and O–H groups in total. The minimum atomic E-state index is 0.337. The van der Waals surface area contributed by atoms with E-state index in [-0.39, 0.29) is 0 Å². The van der Waals surface area contributed by atoms with Crippen LogP contribution in [0.5, 0.6) is 11.5 Å². The molecule has 1 aromatic rings. The van der Waals surface area contributed by atoms with Crippen molar-refractivity contribution in [1.29, 1.82) is 0 Å². The van der Waals surface area contributed by atoms with Crippen LogP contribution in [0.25, 0.3) is 0 Å². The van der Waals surface area contributed by atoms with Crippen molar-refractivity contribution in [3.8, 4) is 11.5 Å². The Bertz CT molecular complexity index is 411. The zero-order valence-electron chi connectivity index (χ0n) is 10.3. The molecule has 92 valence electrons. The third-order valence-electron chi connectivity index (χ3n) is 4.04. The van der Waals surface area contributed by atoms with Gasteiger partial charge in [0.25, 0.3) is 0 Å². The normalized spacial score (nSPS) is 21.2. The topological polar surface area (TPSA) is 30.5 Å². The van der Waals surface area contributed by atoms with Crippen molar-refractivity contribution in [1.82, 2.24) is 0 Å². The molecule has 0 bridgehead atoms. The van der Waals surface area contributed by atoms with E-state index in [1.54, 1.807) is 7.11 Å². The van der Waals surface area contributed by atoms with Crippen LogP contribution in [0.1, 0.15) is 25.7 Å². The number of fused-ring (bicyclic) bond motifs is 1. The second-order valence-electron chi connectivity index (χ2n) is 5.19. The van der Waals surface area contributed by atoms with Gasteiger partial charge in [-0.3, -0.25) is 0 Å². The number of hydrogen-bond donors (Lipinski definition) is 1. The fourth-order valence-corrected chi connectivity index (χ4v) is 2.97. The summed E-state index contributed by atoms with van der Waals surface area (Å²) in [6.07, 6.45) is 5.21. The van der Waals surface area contributed by atoms with Gasteiger partial charge in [-0.25, -0.2) is 0 Å². The van der Waals surface area contributed by atoms with Crippen LogP contribution >= 0.6 is 0 Å². The van der Waals surface area contributed by atoms with Crippen molar-refractivity contribution in [2.45, 2.75) is 25.7 Å². The maximum atomic E-state index is 6.02. The van der Waals surface area contributed by atoms with Crippen molar-refractivity contribution in [2.75, 3.05) is 25.6 Å². The molecule has 1 spiro atoms. The highest BCUT2D eigenvalue weighted by Gasteiger charge is 2.37. The maximum Gasteiger partial charge on any atom is 0.184 e. The number of anilines is 1. The summed E-state index contributed by atoms with van der Waals surface area (Å²) in [5, 5.41) is 3.53. The molecule has 0 aromatic heterocycles. The first-order valence-corrected chi connectivity index (χ1v) is 6.37. The lowest BCUT2D eigenvalue weighted by Gasteiger charge is -2.25. The predicted octanol–water partition coefficient (Wildman–Crippen LogP) is 3.06. The van der Waals surface area contributed by atoms with E-state index in [4.69, 9.17) is 9.47 Å². The Morgan fingerprint density at radius 3 is 2.88 bits per heavy atom. The second-order valence-corrected chi connectivity index (χ2v) is 5.19. The Hall–Kier alpha value is -1.38. The molecule has 3 heteroatoms. The highest BCUT2D eigenvalue weighted by atomic mass is 16.5. The molecule has 0 radical (unpaired) electrons. The average molecular weight is 233 g/mol. The van der Waals surface area contributed by atoms with E-state index < -0.39 is 0 Å². The van der Waals surface area contributed by atoms with Crippen LogP contribution in [0.3, 0.4) is 0 Å². The van der Waals surface area contributed by atoms with Crippen molar-refractivity contribution in [3.63, 3.8) is 0 Å². The van der Waals surface area contributed by atoms with E-state index >= 15 is 0 Å². The Kier molecular flexibility index (Phi) is 2.61. The van der Waals surface area contributed by atoms with Crippen LogP contribution < -0.4 is 14.8 Å². The first kappa shape index (κ1) is 10.8. The number of ether oxygens (including phenoxy) is 2. The number of rotatable bonds is 1. The van der Waals surface area contributed by atoms with Crippen molar-refractivity contribution < 1.29 is 9.47 Å². The summed E-state index contributed by atoms with van der Waals surface area (Å²) in [5.74, 6) is 1.70. The summed E-state index contributed by atoms with van der Waals surface area (Å²) in [5.41, 5.74) is 1.40. The molecule has 17 heavy (non-hydrogen) atoms. The van der Waals surface area contributed by atoms with Crippen LogP contribution in [0.2, 0.25) is 0 Å². The second kappa shape index (κ2) is 4.13. The highest BCUT2D eigenvalue weighted by Crippen LogP contribution is 2.44. The first-order valence-electron chi connectivity index (χ1n) is 6.37. The standard InChI is InChI=1S/C14H19NO2/c1-16-12-6-4-5-11-13(12)17-10-14(9-15-11)7-2-3-8-14/h4-6,15H,2-3,7-10H2,1H3. The van der Waals surface area contributed by atoms with Gasteiger partial charge in [0.15, 0.2) is 11.5 Å². The highest BCUT2D eigenvalue weighted by molar-refractivity contribution is 5.63. The van der Waals surface area contributed by atoms with Gasteiger partial charge in [0, 0.05) is 12.0 Å². The minimum Gasteiger partial charge on any atom is -0.493 e. The Labute approximate surface area is 102 Å². The number of hydrogen-bond acceptors (Lipinski definition) is 3. The molecular formula is C14H19NO2. The molecule has 1 aromatic carbocycles. The van der Waals surface area contributed by atoms with E-state index in [9.17, 15) is 0 Å².